The molecule has 0 saturated heterocycles. The third-order valence-electron chi connectivity index (χ3n) is 1.11. The third kappa shape index (κ3) is 7.40. The molecule has 0 radical (unpaired) electrons. The van der Waals surface area contributed by atoms with Crippen molar-refractivity contribution in [3.05, 3.63) is 0 Å². The molecule has 0 aliphatic carbocycles. The lowest BCUT2D eigenvalue weighted by Gasteiger charge is -2.01. The molecule has 0 fully saturated rings. The highest BCUT2D eigenvalue weighted by Crippen LogP contribution is 1.94. The molecule has 0 aliphatic heterocycles. The van der Waals surface area contributed by atoms with Crippen LogP contribution in [0.5, 0.6) is 0 Å². The van der Waals surface area contributed by atoms with Crippen LogP contribution in [0.25, 0.3) is 0 Å². The first-order valence-electron chi connectivity index (χ1n) is 3.65. The van der Waals surface area contributed by atoms with Crippen LogP contribution in [0.3, 0.4) is 0 Å². The van der Waals surface area contributed by atoms with E-state index in [1.54, 1.807) is 0 Å². The van der Waals surface area contributed by atoms with Gasteiger partial charge in [0.25, 0.3) is 0 Å². The summed E-state index contributed by atoms with van der Waals surface area (Å²) in [7, 11) is 0. The normalized spacial score (nSPS) is 9.42. The predicted molar refractivity (Wildman–Crippen MR) is 46.3 cm³/mol. The molecule has 0 atom stereocenters. The van der Waals surface area contributed by atoms with Crippen LogP contribution in [0.4, 0.5) is 0 Å². The number of rotatable bonds is 6. The fourth-order valence-corrected chi connectivity index (χ4v) is 0.661. The summed E-state index contributed by atoms with van der Waals surface area (Å²) in [5, 5.41) is 8.21. The highest BCUT2D eigenvalue weighted by Gasteiger charge is 2.05. The molecule has 0 saturated carbocycles. The first kappa shape index (κ1) is 11.3. The first-order valence-corrected chi connectivity index (χ1v) is 4.28. The molecule has 0 amide bonds. The number of ether oxygens (including phenoxy) is 1. The maximum Gasteiger partial charge on any atom is 0.306 e. The zero-order valence-corrected chi connectivity index (χ0v) is 7.55. The Hall–Kier alpha value is -0.710. The molecule has 0 spiro atoms. The molecule has 0 heterocycles. The lowest BCUT2D eigenvalue weighted by Crippen LogP contribution is -2.08. The molecule has 0 aromatic heterocycles. The fourth-order valence-electron chi connectivity index (χ4n) is 0.532. The number of esters is 1. The summed E-state index contributed by atoms with van der Waals surface area (Å²) < 4.78 is 4.68. The Kier molecular flexibility index (Phi) is 6.55. The van der Waals surface area contributed by atoms with Gasteiger partial charge in [-0.3, -0.25) is 9.59 Å². The minimum absolute atomic E-state index is 0.0537. The second kappa shape index (κ2) is 6.97. The van der Waals surface area contributed by atoms with Crippen molar-refractivity contribution in [3.8, 4) is 0 Å². The molecule has 12 heavy (non-hydrogen) atoms. The van der Waals surface area contributed by atoms with E-state index in [0.29, 0.717) is 18.8 Å². The highest BCUT2D eigenvalue weighted by atomic mass is 32.1. The van der Waals surface area contributed by atoms with Crippen molar-refractivity contribution in [2.45, 2.75) is 19.3 Å². The molecule has 0 unspecified atom stereocenters. The topological polar surface area (TPSA) is 63.6 Å². The maximum atomic E-state index is 10.7. The van der Waals surface area contributed by atoms with Crippen molar-refractivity contribution < 1.29 is 19.4 Å². The molecule has 1 N–H and O–H groups in total. The van der Waals surface area contributed by atoms with Crippen LogP contribution in [0.1, 0.15) is 19.3 Å². The largest absolute Gasteiger partial charge is 0.481 e. The van der Waals surface area contributed by atoms with E-state index < -0.39 is 11.9 Å². The van der Waals surface area contributed by atoms with Gasteiger partial charge in [0.15, 0.2) is 0 Å². The van der Waals surface area contributed by atoms with Gasteiger partial charge in [-0.15, -0.1) is 0 Å². The van der Waals surface area contributed by atoms with Gasteiger partial charge in [-0.25, -0.2) is 0 Å². The summed E-state index contributed by atoms with van der Waals surface area (Å²) in [6.07, 6.45) is 0.476. The van der Waals surface area contributed by atoms with Gasteiger partial charge in [-0.1, -0.05) is 0 Å². The standard InChI is InChI=1S/C7H12O4S/c8-6(9)2-3-7(10)11-4-1-5-12/h12H,1-5H2,(H,8,9). The number of carbonyl (C=O) groups excluding carboxylic acids is 1. The molecule has 5 heteroatoms. The minimum atomic E-state index is -0.985. The van der Waals surface area contributed by atoms with Crippen LogP contribution in [0, 0.1) is 0 Å². The second-order valence-electron chi connectivity index (χ2n) is 2.19. The number of carbonyl (C=O) groups is 2. The Bertz CT molecular complexity index is 157. The highest BCUT2D eigenvalue weighted by molar-refractivity contribution is 7.80. The predicted octanol–water partition coefficient (Wildman–Crippen LogP) is 0.714. The van der Waals surface area contributed by atoms with Gasteiger partial charge in [0, 0.05) is 0 Å². The van der Waals surface area contributed by atoms with Crippen LogP contribution >= 0.6 is 12.6 Å². The quantitative estimate of drug-likeness (QED) is 0.369. The maximum absolute atomic E-state index is 10.7. The Morgan fingerprint density at radius 1 is 1.33 bits per heavy atom. The van der Waals surface area contributed by atoms with E-state index in [4.69, 9.17) is 5.11 Å². The average molecular weight is 192 g/mol. The van der Waals surface area contributed by atoms with Crippen LogP contribution in [-0.2, 0) is 14.3 Å². The van der Waals surface area contributed by atoms with Crippen LogP contribution in [-0.4, -0.2) is 29.4 Å². The minimum Gasteiger partial charge on any atom is -0.481 e. The number of aliphatic carboxylic acids is 1. The van der Waals surface area contributed by atoms with Gasteiger partial charge in [0.05, 0.1) is 19.4 Å². The summed E-state index contributed by atoms with van der Waals surface area (Å²) in [5.41, 5.74) is 0. The van der Waals surface area contributed by atoms with E-state index in [1.165, 1.54) is 0 Å². The van der Waals surface area contributed by atoms with Gasteiger partial charge in [0.1, 0.15) is 0 Å². The number of hydrogen-bond donors (Lipinski definition) is 2. The van der Waals surface area contributed by atoms with Crippen LogP contribution in [0.2, 0.25) is 0 Å². The molecule has 0 bridgehead atoms. The number of hydrogen-bond acceptors (Lipinski definition) is 4. The molecule has 0 aromatic rings. The van der Waals surface area contributed by atoms with Crippen molar-refractivity contribution in [2.24, 2.45) is 0 Å². The van der Waals surface area contributed by atoms with E-state index in [0.717, 1.165) is 0 Å². The van der Waals surface area contributed by atoms with E-state index in [9.17, 15) is 9.59 Å². The smallest absolute Gasteiger partial charge is 0.306 e. The summed E-state index contributed by atoms with van der Waals surface area (Å²) >= 11 is 3.92. The SMILES string of the molecule is O=C(O)CCC(=O)OCCCS. The van der Waals surface area contributed by atoms with Crippen LogP contribution in [0.15, 0.2) is 0 Å². The van der Waals surface area contributed by atoms with Gasteiger partial charge in [0.2, 0.25) is 0 Å². The lowest BCUT2D eigenvalue weighted by atomic mass is 10.3. The molecular formula is C7H12O4S. The van der Waals surface area contributed by atoms with Crippen molar-refractivity contribution in [1.29, 1.82) is 0 Å². The summed E-state index contributed by atoms with van der Waals surface area (Å²) in [5.74, 6) is -0.785. The van der Waals surface area contributed by atoms with E-state index >= 15 is 0 Å². The van der Waals surface area contributed by atoms with Gasteiger partial charge >= 0.3 is 11.9 Å². The molecule has 0 aromatic carbocycles. The van der Waals surface area contributed by atoms with Crippen molar-refractivity contribution in [1.82, 2.24) is 0 Å². The second-order valence-corrected chi connectivity index (χ2v) is 2.64. The molecule has 0 aliphatic rings. The third-order valence-corrected chi connectivity index (χ3v) is 1.42. The van der Waals surface area contributed by atoms with Gasteiger partial charge in [-0.2, -0.15) is 12.6 Å². The number of carboxylic acid groups (broad SMARTS) is 1. The Labute approximate surface area is 76.3 Å². The van der Waals surface area contributed by atoms with E-state index in [-0.39, 0.29) is 12.8 Å². The zero-order chi connectivity index (χ0) is 9.40. The number of carboxylic acids is 1. The first-order chi connectivity index (χ1) is 5.66. The van der Waals surface area contributed by atoms with Gasteiger partial charge in [-0.05, 0) is 12.2 Å². The fraction of sp³-hybridized carbons (Fsp3) is 0.714. The molecular weight excluding hydrogens is 180 g/mol. The lowest BCUT2D eigenvalue weighted by molar-refractivity contribution is -0.147. The Morgan fingerprint density at radius 2 is 2.00 bits per heavy atom. The Morgan fingerprint density at radius 3 is 2.50 bits per heavy atom. The summed E-state index contributed by atoms with van der Waals surface area (Å²) in [4.78, 5) is 20.7. The Balaban J connectivity index is 3.28. The molecule has 70 valence electrons. The van der Waals surface area contributed by atoms with Crippen molar-refractivity contribution in [3.63, 3.8) is 0 Å². The molecule has 4 nitrogen and oxygen atoms in total. The summed E-state index contributed by atoms with van der Waals surface area (Å²) in [6.45, 7) is 0.321. The summed E-state index contributed by atoms with van der Waals surface area (Å²) in [6, 6.07) is 0. The van der Waals surface area contributed by atoms with Crippen molar-refractivity contribution >= 4 is 24.6 Å². The zero-order valence-electron chi connectivity index (χ0n) is 6.65. The van der Waals surface area contributed by atoms with Gasteiger partial charge < -0.3 is 9.84 Å². The average Bonchev–Trinajstić information content (AvgIpc) is 2.01. The van der Waals surface area contributed by atoms with Crippen molar-refractivity contribution in [2.75, 3.05) is 12.4 Å². The monoisotopic (exact) mass is 192 g/mol. The van der Waals surface area contributed by atoms with E-state index in [2.05, 4.69) is 17.4 Å². The van der Waals surface area contributed by atoms with Crippen LogP contribution < -0.4 is 0 Å². The number of thiol groups is 1. The molecule has 0 rings (SSSR count). The van der Waals surface area contributed by atoms with E-state index in [1.807, 2.05) is 0 Å².